The summed E-state index contributed by atoms with van der Waals surface area (Å²) in [5.41, 5.74) is 6.93. The molecule has 0 aliphatic heterocycles. The molecule has 0 fully saturated rings. The Balaban J connectivity index is 0. The first-order chi connectivity index (χ1) is 6.52. The second kappa shape index (κ2) is 7.49. The van der Waals surface area contributed by atoms with Crippen molar-refractivity contribution in [2.45, 2.75) is 13.0 Å². The molecule has 0 radical (unpaired) electrons. The van der Waals surface area contributed by atoms with Gasteiger partial charge in [-0.2, -0.15) is 0 Å². The lowest BCUT2D eigenvalue weighted by Crippen LogP contribution is -2.32. The maximum Gasteiger partial charge on any atom is 0.179 e. The van der Waals surface area contributed by atoms with Crippen molar-refractivity contribution in [2.75, 3.05) is 19.8 Å². The van der Waals surface area contributed by atoms with Gasteiger partial charge in [-0.25, -0.2) is 0 Å². The molecule has 5 heteroatoms. The van der Waals surface area contributed by atoms with Gasteiger partial charge in [-0.1, -0.05) is 0 Å². The minimum absolute atomic E-state index is 0. The second-order valence-corrected chi connectivity index (χ2v) is 3.63. The monoisotopic (exact) mass is 264 g/mol. The molecule has 1 aromatic carbocycles. The number of carbonyl (C=O) groups is 1. The predicted molar refractivity (Wildman–Crippen MR) is 72.8 cm³/mol. The number of nitrogens with two attached hydrogens (primary N) is 1. The van der Waals surface area contributed by atoms with E-state index in [2.05, 4.69) is 0 Å². The van der Waals surface area contributed by atoms with E-state index in [-0.39, 0.29) is 36.6 Å². The number of anilines is 1. The third-order valence-corrected chi connectivity index (χ3v) is 2.35. The van der Waals surface area contributed by atoms with Gasteiger partial charge in [0.1, 0.15) is 0 Å². The number of rotatable bonds is 3. The number of ketones is 1. The largest absolute Gasteiger partial charge is 0.399 e. The number of hydrogen-bond acceptors (Lipinski definition) is 3. The Hall–Kier alpha value is -0.770. The molecule has 1 unspecified atom stereocenters. The van der Waals surface area contributed by atoms with Crippen LogP contribution >= 0.6 is 24.8 Å². The van der Waals surface area contributed by atoms with Crippen LogP contribution in [0.1, 0.15) is 17.3 Å². The van der Waals surface area contributed by atoms with E-state index in [4.69, 9.17) is 5.73 Å². The number of likely N-dealkylation sites (N-methyl/N-ethyl adjacent to an activating group) is 1. The number of benzene rings is 1. The van der Waals surface area contributed by atoms with E-state index < -0.39 is 0 Å². The molecule has 92 valence electrons. The fourth-order valence-electron chi connectivity index (χ4n) is 1.12. The van der Waals surface area contributed by atoms with Crippen LogP contribution in [0.3, 0.4) is 0 Å². The number of nitrogens with zero attached hydrogens (tertiary/aromatic N) is 1. The molecule has 1 atom stereocenters. The van der Waals surface area contributed by atoms with Crippen molar-refractivity contribution in [3.63, 3.8) is 0 Å². The SMILES string of the molecule is CC(C(=O)c1ccc(N)cc1)N(C)C.Cl.Cl. The highest BCUT2D eigenvalue weighted by Gasteiger charge is 2.16. The summed E-state index contributed by atoms with van der Waals surface area (Å²) in [6, 6.07) is 6.92. The topological polar surface area (TPSA) is 46.3 Å². The first kappa shape index (κ1) is 17.6. The van der Waals surface area contributed by atoms with Crippen LogP contribution in [-0.2, 0) is 0 Å². The minimum atomic E-state index is -0.0985. The molecular weight excluding hydrogens is 247 g/mol. The summed E-state index contributed by atoms with van der Waals surface area (Å²) in [5.74, 6) is 0.120. The highest BCUT2D eigenvalue weighted by molar-refractivity contribution is 6.00. The van der Waals surface area contributed by atoms with Crippen molar-refractivity contribution in [3.05, 3.63) is 29.8 Å². The molecular formula is C11H18Cl2N2O. The van der Waals surface area contributed by atoms with Crippen LogP contribution in [0.5, 0.6) is 0 Å². The Labute approximate surface area is 109 Å². The number of Topliss-reactive ketones (excluding diaryl/α,β-unsaturated/α-hetero) is 1. The van der Waals surface area contributed by atoms with Gasteiger partial charge < -0.3 is 5.73 Å². The summed E-state index contributed by atoms with van der Waals surface area (Å²) in [4.78, 5) is 13.7. The Bertz CT molecular complexity index is 325. The van der Waals surface area contributed by atoms with E-state index in [1.54, 1.807) is 24.3 Å². The summed E-state index contributed by atoms with van der Waals surface area (Å²) >= 11 is 0. The molecule has 1 rings (SSSR count). The molecule has 0 spiro atoms. The molecule has 0 saturated heterocycles. The van der Waals surface area contributed by atoms with Crippen LogP contribution < -0.4 is 5.73 Å². The van der Waals surface area contributed by atoms with Crippen LogP contribution in [-0.4, -0.2) is 30.8 Å². The number of halogens is 2. The normalized spacial score (nSPS) is 11.2. The van der Waals surface area contributed by atoms with E-state index in [1.165, 1.54) is 0 Å². The number of nitrogen functional groups attached to an aromatic ring is 1. The van der Waals surface area contributed by atoms with Gasteiger partial charge in [0, 0.05) is 11.3 Å². The summed E-state index contributed by atoms with van der Waals surface area (Å²) in [5, 5.41) is 0. The van der Waals surface area contributed by atoms with Gasteiger partial charge >= 0.3 is 0 Å². The van der Waals surface area contributed by atoms with Crippen LogP contribution in [0.15, 0.2) is 24.3 Å². The van der Waals surface area contributed by atoms with Crippen LogP contribution in [0.4, 0.5) is 5.69 Å². The molecule has 1 aromatic rings. The average molecular weight is 265 g/mol. The van der Waals surface area contributed by atoms with E-state index in [9.17, 15) is 4.79 Å². The average Bonchev–Trinajstić information content (AvgIpc) is 2.16. The fourth-order valence-corrected chi connectivity index (χ4v) is 1.12. The molecule has 0 heterocycles. The van der Waals surface area contributed by atoms with Crippen LogP contribution in [0.2, 0.25) is 0 Å². The summed E-state index contributed by atoms with van der Waals surface area (Å²) in [7, 11) is 3.78. The smallest absolute Gasteiger partial charge is 0.179 e. The van der Waals surface area contributed by atoms with Crippen molar-refractivity contribution in [2.24, 2.45) is 0 Å². The van der Waals surface area contributed by atoms with E-state index in [1.807, 2.05) is 25.9 Å². The predicted octanol–water partition coefficient (Wildman–Crippen LogP) is 2.25. The zero-order valence-electron chi connectivity index (χ0n) is 9.64. The van der Waals surface area contributed by atoms with Crippen molar-refractivity contribution in [1.82, 2.24) is 4.90 Å². The molecule has 0 aliphatic carbocycles. The molecule has 3 nitrogen and oxygen atoms in total. The van der Waals surface area contributed by atoms with E-state index >= 15 is 0 Å². The summed E-state index contributed by atoms with van der Waals surface area (Å²) in [6.45, 7) is 1.89. The fraction of sp³-hybridized carbons (Fsp3) is 0.364. The zero-order chi connectivity index (χ0) is 10.7. The van der Waals surface area contributed by atoms with Crippen molar-refractivity contribution < 1.29 is 4.79 Å². The van der Waals surface area contributed by atoms with E-state index in [0.717, 1.165) is 0 Å². The lowest BCUT2D eigenvalue weighted by Gasteiger charge is -2.18. The van der Waals surface area contributed by atoms with E-state index in [0.29, 0.717) is 11.3 Å². The second-order valence-electron chi connectivity index (χ2n) is 3.63. The van der Waals surface area contributed by atoms with Gasteiger partial charge in [0.15, 0.2) is 5.78 Å². The van der Waals surface area contributed by atoms with Crippen molar-refractivity contribution in [1.29, 1.82) is 0 Å². The van der Waals surface area contributed by atoms with Gasteiger partial charge in [-0.15, -0.1) is 24.8 Å². The molecule has 2 N–H and O–H groups in total. The number of carbonyl (C=O) groups excluding carboxylic acids is 1. The van der Waals surface area contributed by atoms with Crippen molar-refractivity contribution >= 4 is 36.3 Å². The molecule has 0 saturated carbocycles. The highest BCUT2D eigenvalue weighted by Crippen LogP contribution is 2.09. The number of hydrogen-bond donors (Lipinski definition) is 1. The third-order valence-electron chi connectivity index (χ3n) is 2.35. The van der Waals surface area contributed by atoms with Gasteiger partial charge in [0.25, 0.3) is 0 Å². The van der Waals surface area contributed by atoms with Crippen LogP contribution in [0, 0.1) is 0 Å². The zero-order valence-corrected chi connectivity index (χ0v) is 11.3. The highest BCUT2D eigenvalue weighted by atomic mass is 35.5. The van der Waals surface area contributed by atoms with Crippen molar-refractivity contribution in [3.8, 4) is 0 Å². The standard InChI is InChI=1S/C11H16N2O.2ClH/c1-8(13(2)3)11(14)9-4-6-10(12)7-5-9;;/h4-8H,12H2,1-3H3;2*1H. The lowest BCUT2D eigenvalue weighted by atomic mass is 10.0. The molecule has 0 aromatic heterocycles. The lowest BCUT2D eigenvalue weighted by molar-refractivity contribution is 0.0891. The molecule has 0 amide bonds. The first-order valence-electron chi connectivity index (χ1n) is 4.58. The van der Waals surface area contributed by atoms with Gasteiger partial charge in [0.05, 0.1) is 6.04 Å². The minimum Gasteiger partial charge on any atom is -0.399 e. The van der Waals surface area contributed by atoms with Gasteiger partial charge in [-0.3, -0.25) is 9.69 Å². The Morgan fingerprint density at radius 3 is 2.00 bits per heavy atom. The summed E-state index contributed by atoms with van der Waals surface area (Å²) < 4.78 is 0. The first-order valence-corrected chi connectivity index (χ1v) is 4.58. The molecule has 0 aliphatic rings. The quantitative estimate of drug-likeness (QED) is 0.673. The Morgan fingerprint density at radius 2 is 1.62 bits per heavy atom. The maximum absolute atomic E-state index is 11.8. The maximum atomic E-state index is 11.8. The Morgan fingerprint density at radius 1 is 1.19 bits per heavy atom. The van der Waals surface area contributed by atoms with Gasteiger partial charge in [-0.05, 0) is 45.3 Å². The molecule has 0 bridgehead atoms. The van der Waals surface area contributed by atoms with Gasteiger partial charge in [0.2, 0.25) is 0 Å². The summed E-state index contributed by atoms with van der Waals surface area (Å²) in [6.07, 6.45) is 0. The third kappa shape index (κ3) is 4.39. The molecule has 16 heavy (non-hydrogen) atoms. The van der Waals surface area contributed by atoms with Crippen LogP contribution in [0.25, 0.3) is 0 Å². The Kier molecular flexibility index (Phi) is 8.25.